The van der Waals surface area contributed by atoms with Gasteiger partial charge in [-0.05, 0) is 6.90 Å². The molecule has 0 fully saturated rings. The maximum Gasteiger partial charge on any atom is 0.187 e. The molecule has 4 heteroatoms. The first-order valence-electron chi connectivity index (χ1n) is 6.09. The van der Waals surface area contributed by atoms with Crippen LogP contribution in [0.2, 0.25) is 0 Å². The SMILES string of the molecule is CCC.[2H][B]C(=O)C(=C(C#N)C#N)c1ccccc1. The molecule has 89 valence electrons. The van der Waals surface area contributed by atoms with E-state index in [9.17, 15) is 4.79 Å². The van der Waals surface area contributed by atoms with Gasteiger partial charge in [0.25, 0.3) is 0 Å². The molecule has 0 saturated heterocycles. The van der Waals surface area contributed by atoms with Gasteiger partial charge in [0.05, 0.1) is 0 Å². The highest BCUT2D eigenvalue weighted by Gasteiger charge is 2.12. The number of hydrogen-bond donors (Lipinski definition) is 0. The molecule has 18 heavy (non-hydrogen) atoms. The Labute approximate surface area is 110 Å². The van der Waals surface area contributed by atoms with Gasteiger partial charge < -0.3 is 4.79 Å². The van der Waals surface area contributed by atoms with E-state index in [1.165, 1.54) is 6.42 Å². The molecule has 1 aromatic rings. The Morgan fingerprint density at radius 1 is 1.28 bits per heavy atom. The molecular formula is C14H14BN2O. The van der Waals surface area contributed by atoms with Crippen LogP contribution in [0.5, 0.6) is 0 Å². The molecule has 1 aromatic carbocycles. The Balaban J connectivity index is 0.000000982. The number of hydrogen-bond acceptors (Lipinski definition) is 3. The molecule has 0 bridgehead atoms. The highest BCUT2D eigenvalue weighted by atomic mass is 16.1. The fourth-order valence-corrected chi connectivity index (χ4v) is 1.15. The van der Waals surface area contributed by atoms with Crippen LogP contribution in [0.1, 0.15) is 25.8 Å². The molecule has 0 N–H and O–H groups in total. The van der Waals surface area contributed by atoms with Gasteiger partial charge >= 0.3 is 0 Å². The molecule has 0 heterocycles. The molecule has 3 nitrogen and oxygen atoms in total. The summed E-state index contributed by atoms with van der Waals surface area (Å²) in [5, 5.41) is 17.5. The third-order valence-corrected chi connectivity index (χ3v) is 1.78. The van der Waals surface area contributed by atoms with E-state index in [1.807, 2.05) is 0 Å². The largest absolute Gasteiger partial charge is 0.307 e. The number of carbonyl (C=O) groups excluding carboxylic acids is 1. The second-order valence-corrected chi connectivity index (χ2v) is 3.41. The molecule has 0 atom stereocenters. The van der Waals surface area contributed by atoms with Gasteiger partial charge in [-0.3, -0.25) is 0 Å². The molecule has 0 aliphatic carbocycles. The summed E-state index contributed by atoms with van der Waals surface area (Å²) >= 11 is 0. The van der Waals surface area contributed by atoms with Gasteiger partial charge in [-0.2, -0.15) is 10.5 Å². The normalized spacial score (nSPS) is 8.56. The van der Waals surface area contributed by atoms with Gasteiger partial charge in [-0.15, -0.1) is 0 Å². The van der Waals surface area contributed by atoms with Crippen molar-refractivity contribution in [2.24, 2.45) is 0 Å². The predicted octanol–water partition coefficient (Wildman–Crippen LogP) is 2.33. The first kappa shape index (κ1) is 13.7. The molecule has 0 amide bonds. The quantitative estimate of drug-likeness (QED) is 0.461. The van der Waals surface area contributed by atoms with Gasteiger partial charge in [0, 0.05) is 5.57 Å². The first-order valence-corrected chi connectivity index (χ1v) is 5.51. The second-order valence-electron chi connectivity index (χ2n) is 3.41. The summed E-state index contributed by atoms with van der Waals surface area (Å²) in [4.78, 5) is 11.5. The van der Waals surface area contributed by atoms with E-state index in [0.29, 0.717) is 13.4 Å². The highest BCUT2D eigenvalue weighted by molar-refractivity contribution is 6.70. The van der Waals surface area contributed by atoms with E-state index in [0.717, 1.165) is 0 Å². The first-order chi connectivity index (χ1) is 9.15. The van der Waals surface area contributed by atoms with Gasteiger partial charge in [0.15, 0.2) is 7.81 Å². The zero-order valence-corrected chi connectivity index (χ0v) is 10.5. The predicted molar refractivity (Wildman–Crippen MR) is 72.7 cm³/mol. The Morgan fingerprint density at radius 2 is 1.78 bits per heavy atom. The summed E-state index contributed by atoms with van der Waals surface area (Å²) in [5.41, 5.74) is -0.487. The fourth-order valence-electron chi connectivity index (χ4n) is 1.15. The molecule has 0 aliphatic heterocycles. The van der Waals surface area contributed by atoms with Crippen molar-refractivity contribution in [1.29, 1.82) is 11.9 Å². The lowest BCUT2D eigenvalue weighted by atomic mass is 9.87. The van der Waals surface area contributed by atoms with Gasteiger partial charge in [-0.25, -0.2) is 0 Å². The summed E-state index contributed by atoms with van der Waals surface area (Å²) in [6.45, 7) is 4.25. The van der Waals surface area contributed by atoms with Crippen molar-refractivity contribution < 1.29 is 4.79 Å². The molecular weight excluding hydrogens is 223 g/mol. The van der Waals surface area contributed by atoms with Crippen LogP contribution in [0, 0.1) is 22.7 Å². The lowest BCUT2D eigenvalue weighted by Crippen LogP contribution is -2.03. The molecule has 1 radical (unpaired) electrons. The van der Waals surface area contributed by atoms with Crippen LogP contribution in [-0.2, 0) is 4.79 Å². The van der Waals surface area contributed by atoms with Gasteiger partial charge in [-0.1, -0.05) is 50.6 Å². The topological polar surface area (TPSA) is 64.7 Å². The summed E-state index contributed by atoms with van der Waals surface area (Å²) in [5.74, 6) is 0. The number of rotatable bonds is 3. The molecule has 0 spiro atoms. The van der Waals surface area contributed by atoms with Crippen LogP contribution in [0.3, 0.4) is 0 Å². The van der Waals surface area contributed by atoms with E-state index >= 15 is 0 Å². The molecule has 0 saturated carbocycles. The summed E-state index contributed by atoms with van der Waals surface area (Å²) in [7, 11) is 0.594. The lowest BCUT2D eigenvalue weighted by molar-refractivity contribution is -0.107. The van der Waals surface area contributed by atoms with Gasteiger partial charge in [0.2, 0.25) is 0 Å². The van der Waals surface area contributed by atoms with Crippen molar-refractivity contribution in [1.82, 2.24) is 0 Å². The number of nitrogens with zero attached hydrogens (tertiary/aromatic N) is 2. The van der Waals surface area contributed by atoms with Crippen LogP contribution >= 0.6 is 0 Å². The zero-order chi connectivity index (χ0) is 14.7. The third-order valence-electron chi connectivity index (χ3n) is 1.78. The van der Waals surface area contributed by atoms with E-state index in [2.05, 4.69) is 13.8 Å². The highest BCUT2D eigenvalue weighted by Crippen LogP contribution is 2.18. The molecule has 0 aromatic heterocycles. The number of nitriles is 2. The van der Waals surface area contributed by atoms with E-state index in [1.54, 1.807) is 42.5 Å². The average Bonchev–Trinajstić information content (AvgIpc) is 2.45. The number of carbonyl (C=O) groups is 1. The molecule has 1 rings (SSSR count). The van der Waals surface area contributed by atoms with Crippen molar-refractivity contribution in [2.75, 3.05) is 0 Å². The van der Waals surface area contributed by atoms with Crippen LogP contribution in [0.25, 0.3) is 5.57 Å². The Bertz CT molecular complexity index is 511. The third kappa shape index (κ3) is 4.68. The zero-order valence-electron chi connectivity index (χ0n) is 11.5. The summed E-state index contributed by atoms with van der Waals surface area (Å²) < 4.78 is 6.90. The van der Waals surface area contributed by atoms with E-state index < -0.39 is 5.68 Å². The second kappa shape index (κ2) is 8.78. The Morgan fingerprint density at radius 3 is 2.17 bits per heavy atom. The monoisotopic (exact) mass is 238 g/mol. The lowest BCUT2D eigenvalue weighted by Gasteiger charge is -2.02. The van der Waals surface area contributed by atoms with Crippen molar-refractivity contribution in [3.63, 3.8) is 0 Å². The minimum Gasteiger partial charge on any atom is -0.307 e. The van der Waals surface area contributed by atoms with E-state index in [4.69, 9.17) is 11.9 Å². The summed E-state index contributed by atoms with van der Waals surface area (Å²) in [6.07, 6.45) is 1.25. The number of allylic oxidation sites excluding steroid dienone is 2. The van der Waals surface area contributed by atoms with Gasteiger partial charge in [0.1, 0.15) is 23.4 Å². The van der Waals surface area contributed by atoms with Crippen LogP contribution < -0.4 is 0 Å². The van der Waals surface area contributed by atoms with Crippen LogP contribution in [0.15, 0.2) is 35.9 Å². The average molecular weight is 238 g/mol. The van der Waals surface area contributed by atoms with Crippen molar-refractivity contribution >= 4 is 19.1 Å². The van der Waals surface area contributed by atoms with Crippen LogP contribution in [-0.4, -0.2) is 14.8 Å². The Kier molecular flexibility index (Phi) is 6.70. The fraction of sp³-hybridized carbons (Fsp3) is 0.214. The molecule has 0 aliphatic rings. The minimum absolute atomic E-state index is 0.0272. The van der Waals surface area contributed by atoms with Crippen molar-refractivity contribution in [2.45, 2.75) is 20.3 Å². The van der Waals surface area contributed by atoms with Crippen molar-refractivity contribution in [3.8, 4) is 12.1 Å². The van der Waals surface area contributed by atoms with E-state index in [-0.39, 0.29) is 11.1 Å². The maximum absolute atomic E-state index is 11.5. The summed E-state index contributed by atoms with van der Waals surface area (Å²) in [6, 6.07) is 11.7. The number of benzene rings is 1. The standard InChI is InChI=1S/C11H6BN2O.C3H8/c12-11(15)10(9(6-13)7-14)8-4-2-1-3-5-8;1-3-2/h1-5,12H;3H2,1-2H3/i12D;. The van der Waals surface area contributed by atoms with Crippen LogP contribution in [0.4, 0.5) is 0 Å². The maximum atomic E-state index is 11.5. The van der Waals surface area contributed by atoms with Crippen molar-refractivity contribution in [3.05, 3.63) is 41.5 Å². The molecule has 0 unspecified atom stereocenters. The smallest absolute Gasteiger partial charge is 0.187 e. The Hall–Kier alpha value is -2.33. The minimum atomic E-state index is -0.649.